The minimum absolute atomic E-state index is 0.0654. The number of fused-ring (bicyclic) bond motifs is 1. The van der Waals surface area contributed by atoms with Crippen LogP contribution in [0.15, 0.2) is 59.8 Å². The zero-order chi connectivity index (χ0) is 23.4. The van der Waals surface area contributed by atoms with Gasteiger partial charge in [-0.1, -0.05) is 11.8 Å². The Morgan fingerprint density at radius 1 is 1.21 bits per heavy atom. The topological polar surface area (TPSA) is 129 Å². The molecule has 4 N–H and O–H groups in total. The van der Waals surface area contributed by atoms with Gasteiger partial charge in [0.1, 0.15) is 5.82 Å². The van der Waals surface area contributed by atoms with Crippen molar-refractivity contribution in [3.63, 3.8) is 0 Å². The third kappa shape index (κ3) is 5.46. The lowest BCUT2D eigenvalue weighted by atomic mass is 10.1. The number of aromatic nitrogens is 4. The summed E-state index contributed by atoms with van der Waals surface area (Å²) in [7, 11) is -0.255. The van der Waals surface area contributed by atoms with Crippen LogP contribution in [0.3, 0.4) is 0 Å². The lowest BCUT2D eigenvalue weighted by Crippen LogP contribution is -2.21. The van der Waals surface area contributed by atoms with Crippen LogP contribution >= 0.6 is 0 Å². The van der Waals surface area contributed by atoms with Crippen LogP contribution in [0.1, 0.15) is 18.1 Å². The maximum absolute atomic E-state index is 11.3. The van der Waals surface area contributed by atoms with Crippen molar-refractivity contribution in [2.24, 2.45) is 7.05 Å². The summed E-state index contributed by atoms with van der Waals surface area (Å²) in [5.41, 5.74) is 3.03. The van der Waals surface area contributed by atoms with Crippen molar-refractivity contribution in [1.82, 2.24) is 19.7 Å². The minimum Gasteiger partial charge on any atom is -0.394 e. The van der Waals surface area contributed by atoms with Crippen LogP contribution in [0.2, 0.25) is 0 Å². The number of nitrogens with zero attached hydrogens (tertiary/aromatic N) is 4. The average molecular weight is 462 g/mol. The summed E-state index contributed by atoms with van der Waals surface area (Å²) in [5, 5.41) is 21.1. The van der Waals surface area contributed by atoms with Crippen LogP contribution in [-0.2, 0) is 17.6 Å². The molecule has 168 valence electrons. The van der Waals surface area contributed by atoms with Crippen molar-refractivity contribution in [1.29, 1.82) is 4.78 Å². The zero-order valence-corrected chi connectivity index (χ0v) is 19.0. The van der Waals surface area contributed by atoms with Gasteiger partial charge in [-0.3, -0.25) is 9.46 Å². The first kappa shape index (κ1) is 22.3. The molecule has 0 saturated carbocycles. The summed E-state index contributed by atoms with van der Waals surface area (Å²) in [6.07, 6.45) is 3.56. The van der Waals surface area contributed by atoms with Gasteiger partial charge >= 0.3 is 0 Å². The molecule has 0 radical (unpaired) electrons. The molecule has 2 aromatic heterocycles. The Hall–Kier alpha value is -3.94. The van der Waals surface area contributed by atoms with Crippen molar-refractivity contribution in [2.75, 3.05) is 17.2 Å². The lowest BCUT2D eigenvalue weighted by molar-refractivity contribution is 0.281. The SMILES string of the molecule is C[C@H](CO)Nc1nc(Nc2ccc([SH](=N)=O)cc2)ncc1C#Cc1ccc2nn(C)cc2c1. The van der Waals surface area contributed by atoms with E-state index in [0.29, 0.717) is 27.9 Å². The quantitative estimate of drug-likeness (QED) is 0.221. The molecule has 1 unspecified atom stereocenters. The number of rotatable bonds is 6. The Labute approximate surface area is 192 Å². The van der Waals surface area contributed by atoms with Crippen molar-refractivity contribution < 1.29 is 9.32 Å². The van der Waals surface area contributed by atoms with E-state index in [1.54, 1.807) is 35.1 Å². The molecule has 4 rings (SSSR count). The van der Waals surface area contributed by atoms with E-state index in [2.05, 4.69) is 37.5 Å². The van der Waals surface area contributed by atoms with Crippen LogP contribution in [-0.4, -0.2) is 41.7 Å². The average Bonchev–Trinajstić information content (AvgIpc) is 3.18. The molecule has 0 bridgehead atoms. The van der Waals surface area contributed by atoms with Gasteiger partial charge in [-0.05, 0) is 49.4 Å². The van der Waals surface area contributed by atoms with E-state index in [1.165, 1.54) is 0 Å². The van der Waals surface area contributed by atoms with Gasteiger partial charge in [0.15, 0.2) is 0 Å². The fraction of sp³-hybridized carbons (Fsp3) is 0.174. The number of thiol groups is 1. The Morgan fingerprint density at radius 2 is 2.00 bits per heavy atom. The number of nitrogens with one attached hydrogen (secondary N) is 3. The van der Waals surface area contributed by atoms with Crippen molar-refractivity contribution >= 4 is 39.0 Å². The highest BCUT2D eigenvalue weighted by Crippen LogP contribution is 2.19. The summed E-state index contributed by atoms with van der Waals surface area (Å²) in [5.74, 6) is 7.09. The van der Waals surface area contributed by atoms with E-state index >= 15 is 0 Å². The Kier molecular flexibility index (Phi) is 6.53. The summed E-state index contributed by atoms with van der Waals surface area (Å²) in [4.78, 5) is 9.33. The molecule has 2 aromatic carbocycles. The highest BCUT2D eigenvalue weighted by atomic mass is 32.2. The first-order chi connectivity index (χ1) is 15.9. The van der Waals surface area contributed by atoms with Crippen molar-refractivity contribution in [3.05, 3.63) is 66.0 Å². The molecule has 33 heavy (non-hydrogen) atoms. The monoisotopic (exact) mass is 461 g/mol. The number of anilines is 3. The number of aliphatic hydroxyl groups is 1. The Bertz CT molecular complexity index is 1420. The first-order valence-electron chi connectivity index (χ1n) is 10.2. The third-order valence-corrected chi connectivity index (χ3v) is 5.53. The molecular weight excluding hydrogens is 438 g/mol. The minimum atomic E-state index is -2.13. The molecular formula is C23H23N7O2S. The van der Waals surface area contributed by atoms with Gasteiger partial charge < -0.3 is 15.7 Å². The molecule has 0 aliphatic rings. The summed E-state index contributed by atoms with van der Waals surface area (Å²) >= 11 is 0. The normalized spacial score (nSPS) is 12.6. The maximum Gasteiger partial charge on any atom is 0.229 e. The van der Waals surface area contributed by atoms with Gasteiger partial charge in [0.25, 0.3) is 0 Å². The highest BCUT2D eigenvalue weighted by Gasteiger charge is 2.09. The number of hydrogen-bond donors (Lipinski definition) is 5. The second-order valence-electron chi connectivity index (χ2n) is 7.48. The standard InChI is InChI=1S/C23H23N7O2S/c1-15(14-31)26-22-17(5-3-16-4-10-21-18(11-16)13-30(2)29-21)12-25-23(28-22)27-19-6-8-20(9-7-19)33(24)32/h4,6-13,15,24,31,33H,14H2,1-2H3,(H2,25,26,27,28)/t15-/m1/s1. The largest absolute Gasteiger partial charge is 0.394 e. The molecule has 0 aliphatic carbocycles. The predicted molar refractivity (Wildman–Crippen MR) is 129 cm³/mol. The van der Waals surface area contributed by atoms with E-state index in [4.69, 9.17) is 4.78 Å². The smallest absolute Gasteiger partial charge is 0.229 e. The van der Waals surface area contributed by atoms with Gasteiger partial charge in [-0.25, -0.2) is 9.19 Å². The summed E-state index contributed by atoms with van der Waals surface area (Å²) < 4.78 is 20.4. The molecule has 10 heteroatoms. The molecule has 0 fully saturated rings. The Balaban J connectivity index is 1.62. The highest BCUT2D eigenvalue weighted by molar-refractivity contribution is 7.73. The van der Waals surface area contributed by atoms with Crippen LogP contribution in [0.25, 0.3) is 10.9 Å². The zero-order valence-electron chi connectivity index (χ0n) is 18.1. The summed E-state index contributed by atoms with van der Waals surface area (Å²) in [6, 6.07) is 12.3. The van der Waals surface area contributed by atoms with Crippen molar-refractivity contribution in [2.45, 2.75) is 17.9 Å². The van der Waals surface area contributed by atoms with Gasteiger partial charge in [-0.15, -0.1) is 0 Å². The van der Waals surface area contributed by atoms with E-state index in [9.17, 15) is 9.32 Å². The summed E-state index contributed by atoms with van der Waals surface area (Å²) in [6.45, 7) is 1.77. The number of aryl methyl sites for hydroxylation is 1. The molecule has 0 spiro atoms. The van der Waals surface area contributed by atoms with Gasteiger partial charge in [0, 0.05) is 40.8 Å². The van der Waals surface area contributed by atoms with Crippen molar-refractivity contribution in [3.8, 4) is 11.8 Å². The molecule has 9 nitrogen and oxygen atoms in total. The maximum atomic E-state index is 11.3. The second-order valence-corrected chi connectivity index (χ2v) is 8.58. The number of hydrogen-bond acceptors (Lipinski definition) is 8. The predicted octanol–water partition coefficient (Wildman–Crippen LogP) is 2.90. The van der Waals surface area contributed by atoms with E-state index in [-0.39, 0.29) is 12.6 Å². The molecule has 2 heterocycles. The van der Waals surface area contributed by atoms with E-state index in [0.717, 1.165) is 16.5 Å². The first-order valence-corrected chi connectivity index (χ1v) is 11.4. The lowest BCUT2D eigenvalue weighted by Gasteiger charge is -2.14. The molecule has 0 saturated heterocycles. The number of aliphatic hydroxyl groups excluding tert-OH is 1. The second kappa shape index (κ2) is 9.68. The van der Waals surface area contributed by atoms with Crippen LogP contribution in [0.4, 0.5) is 17.5 Å². The van der Waals surface area contributed by atoms with Gasteiger partial charge in [-0.2, -0.15) is 10.1 Å². The van der Waals surface area contributed by atoms with Crippen LogP contribution < -0.4 is 10.6 Å². The molecule has 0 aliphatic heterocycles. The Morgan fingerprint density at radius 3 is 2.73 bits per heavy atom. The van der Waals surface area contributed by atoms with Crippen LogP contribution in [0, 0.1) is 16.6 Å². The fourth-order valence-electron chi connectivity index (χ4n) is 3.10. The van der Waals surface area contributed by atoms with Gasteiger partial charge in [0.05, 0.1) is 34.5 Å². The molecule has 4 aromatic rings. The molecule has 2 atom stereocenters. The van der Waals surface area contributed by atoms with E-state index in [1.807, 2.05) is 38.4 Å². The number of benzene rings is 2. The van der Waals surface area contributed by atoms with Gasteiger partial charge in [0.2, 0.25) is 5.95 Å². The van der Waals surface area contributed by atoms with Crippen LogP contribution in [0.5, 0.6) is 0 Å². The molecule has 0 amide bonds. The third-order valence-electron chi connectivity index (χ3n) is 4.76. The van der Waals surface area contributed by atoms with E-state index < -0.39 is 10.6 Å². The fourth-order valence-corrected chi connectivity index (χ4v) is 3.52.